The molecule has 2 nitrogen and oxygen atoms in total. The van der Waals surface area contributed by atoms with Gasteiger partial charge in [0.1, 0.15) is 0 Å². The number of halogens is 2. The number of aromatic nitrogens is 1. The Hall–Kier alpha value is 0.0200. The molecule has 1 N–H and O–H groups in total. The average molecular weight is 409 g/mol. The van der Waals surface area contributed by atoms with Gasteiger partial charge in [0, 0.05) is 16.7 Å². The van der Waals surface area contributed by atoms with E-state index in [9.17, 15) is 0 Å². The molecule has 0 aliphatic carbocycles. The third kappa shape index (κ3) is 3.51. The van der Waals surface area contributed by atoms with Crippen LogP contribution in [0, 0.1) is 3.57 Å². The van der Waals surface area contributed by atoms with Crippen LogP contribution in [0.15, 0.2) is 34.9 Å². The number of hydrogen-bond donors (Lipinski definition) is 1. The standard InChI is InChI=1S/C11H10BrIN2S/c12-10-6-15-16-11(10)7-14-5-8-2-1-3-9(13)4-8/h1-4,6,14H,5,7H2. The molecule has 16 heavy (non-hydrogen) atoms. The SMILES string of the molecule is Brc1cnsc1CNCc1cccc(I)c1. The molecule has 0 saturated heterocycles. The van der Waals surface area contributed by atoms with Crippen molar-refractivity contribution in [1.82, 2.24) is 9.69 Å². The second-order valence-corrected chi connectivity index (χ2v) is 6.32. The number of nitrogens with zero attached hydrogens (tertiary/aromatic N) is 1. The zero-order valence-electron chi connectivity index (χ0n) is 8.41. The van der Waals surface area contributed by atoms with E-state index in [0.29, 0.717) is 0 Å². The summed E-state index contributed by atoms with van der Waals surface area (Å²) in [5, 5.41) is 3.41. The van der Waals surface area contributed by atoms with E-state index in [1.165, 1.54) is 25.5 Å². The average Bonchev–Trinajstić information content (AvgIpc) is 2.65. The highest BCUT2D eigenvalue weighted by atomic mass is 127. The highest BCUT2D eigenvalue weighted by molar-refractivity contribution is 14.1. The fourth-order valence-corrected chi connectivity index (χ4v) is 3.13. The number of benzene rings is 1. The zero-order valence-corrected chi connectivity index (χ0v) is 13.0. The van der Waals surface area contributed by atoms with Crippen LogP contribution in [0.3, 0.4) is 0 Å². The fraction of sp³-hybridized carbons (Fsp3) is 0.182. The van der Waals surface area contributed by atoms with Crippen LogP contribution in [0.25, 0.3) is 0 Å². The highest BCUT2D eigenvalue weighted by Gasteiger charge is 2.01. The lowest BCUT2D eigenvalue weighted by atomic mass is 10.2. The molecule has 0 unspecified atom stereocenters. The van der Waals surface area contributed by atoms with Crippen molar-refractivity contribution in [1.29, 1.82) is 0 Å². The van der Waals surface area contributed by atoms with Gasteiger partial charge in [-0.05, 0) is 67.7 Å². The molecule has 5 heteroatoms. The Morgan fingerprint density at radius 1 is 1.38 bits per heavy atom. The van der Waals surface area contributed by atoms with Gasteiger partial charge >= 0.3 is 0 Å². The first kappa shape index (κ1) is 12.5. The lowest BCUT2D eigenvalue weighted by Gasteiger charge is -2.04. The summed E-state index contributed by atoms with van der Waals surface area (Å²) in [6.07, 6.45) is 1.84. The summed E-state index contributed by atoms with van der Waals surface area (Å²) in [6.45, 7) is 1.75. The largest absolute Gasteiger partial charge is 0.308 e. The predicted molar refractivity (Wildman–Crippen MR) is 79.5 cm³/mol. The molecule has 0 aliphatic rings. The molecule has 2 aromatic rings. The molecule has 0 aliphatic heterocycles. The summed E-state index contributed by atoms with van der Waals surface area (Å²) in [4.78, 5) is 1.24. The summed E-state index contributed by atoms with van der Waals surface area (Å²) in [7, 11) is 0. The molecule has 0 bridgehead atoms. The first-order valence-corrected chi connectivity index (χ1v) is 7.44. The van der Waals surface area contributed by atoms with Gasteiger partial charge in [0.05, 0.1) is 15.5 Å². The number of rotatable bonds is 4. The summed E-state index contributed by atoms with van der Waals surface area (Å²) >= 11 is 7.33. The van der Waals surface area contributed by atoms with Gasteiger partial charge in [0.2, 0.25) is 0 Å². The van der Waals surface area contributed by atoms with E-state index in [2.05, 4.69) is 72.5 Å². The minimum atomic E-state index is 0.858. The van der Waals surface area contributed by atoms with Gasteiger partial charge in [-0.1, -0.05) is 12.1 Å². The minimum Gasteiger partial charge on any atom is -0.308 e. The maximum atomic E-state index is 4.12. The smallest absolute Gasteiger partial charge is 0.0552 e. The van der Waals surface area contributed by atoms with Crippen molar-refractivity contribution in [3.8, 4) is 0 Å². The second kappa shape index (κ2) is 6.09. The Labute approximate surface area is 121 Å². The van der Waals surface area contributed by atoms with Crippen molar-refractivity contribution in [2.45, 2.75) is 13.1 Å². The molecule has 0 atom stereocenters. The molecule has 1 aromatic carbocycles. The van der Waals surface area contributed by atoms with Crippen molar-refractivity contribution < 1.29 is 0 Å². The molecule has 84 valence electrons. The van der Waals surface area contributed by atoms with Crippen molar-refractivity contribution in [2.24, 2.45) is 0 Å². The van der Waals surface area contributed by atoms with E-state index < -0.39 is 0 Å². The summed E-state index contributed by atoms with van der Waals surface area (Å²) in [5.41, 5.74) is 1.31. The van der Waals surface area contributed by atoms with Crippen LogP contribution in [0.4, 0.5) is 0 Å². The van der Waals surface area contributed by atoms with Crippen molar-refractivity contribution in [3.05, 3.63) is 48.9 Å². The molecule has 0 spiro atoms. The quantitative estimate of drug-likeness (QED) is 0.778. The third-order valence-electron chi connectivity index (χ3n) is 2.10. The second-order valence-electron chi connectivity index (χ2n) is 3.33. The number of nitrogens with one attached hydrogen (secondary N) is 1. The molecule has 2 rings (SSSR count). The predicted octanol–water partition coefficient (Wildman–Crippen LogP) is 3.80. The van der Waals surface area contributed by atoms with Crippen LogP contribution in [-0.4, -0.2) is 4.37 Å². The lowest BCUT2D eigenvalue weighted by Crippen LogP contribution is -2.12. The van der Waals surface area contributed by atoms with Crippen LogP contribution in [0.5, 0.6) is 0 Å². The fourth-order valence-electron chi connectivity index (χ4n) is 1.34. The van der Waals surface area contributed by atoms with Gasteiger partial charge in [0.25, 0.3) is 0 Å². The first-order valence-electron chi connectivity index (χ1n) is 4.80. The summed E-state index contributed by atoms with van der Waals surface area (Å²) in [5.74, 6) is 0. The normalized spacial score (nSPS) is 10.6. The van der Waals surface area contributed by atoms with Crippen LogP contribution in [0.2, 0.25) is 0 Å². The Balaban J connectivity index is 1.87. The van der Waals surface area contributed by atoms with Gasteiger partial charge in [-0.15, -0.1) is 0 Å². The lowest BCUT2D eigenvalue weighted by molar-refractivity contribution is 0.699. The van der Waals surface area contributed by atoms with E-state index in [0.717, 1.165) is 17.6 Å². The van der Waals surface area contributed by atoms with Gasteiger partial charge in [-0.2, -0.15) is 4.37 Å². The maximum absolute atomic E-state index is 4.12. The van der Waals surface area contributed by atoms with Crippen LogP contribution in [-0.2, 0) is 13.1 Å². The Morgan fingerprint density at radius 3 is 2.94 bits per heavy atom. The van der Waals surface area contributed by atoms with Gasteiger partial charge < -0.3 is 5.32 Å². The van der Waals surface area contributed by atoms with Crippen molar-refractivity contribution in [2.75, 3.05) is 0 Å². The molecule has 0 saturated carbocycles. The number of hydrogen-bond acceptors (Lipinski definition) is 3. The molecular weight excluding hydrogens is 399 g/mol. The first-order chi connectivity index (χ1) is 7.75. The van der Waals surface area contributed by atoms with Crippen molar-refractivity contribution >= 4 is 50.1 Å². The van der Waals surface area contributed by atoms with Crippen LogP contribution >= 0.6 is 50.1 Å². The molecule has 1 heterocycles. The van der Waals surface area contributed by atoms with Gasteiger partial charge in [-0.25, -0.2) is 0 Å². The maximum Gasteiger partial charge on any atom is 0.0552 e. The molecular formula is C11H10BrIN2S. The Bertz CT molecular complexity index is 473. The van der Waals surface area contributed by atoms with Crippen LogP contribution < -0.4 is 5.32 Å². The topological polar surface area (TPSA) is 24.9 Å². The summed E-state index contributed by atoms with van der Waals surface area (Å²) < 4.78 is 6.48. The highest BCUT2D eigenvalue weighted by Crippen LogP contribution is 2.19. The third-order valence-corrected chi connectivity index (χ3v) is 4.51. The van der Waals surface area contributed by atoms with E-state index in [-0.39, 0.29) is 0 Å². The van der Waals surface area contributed by atoms with Gasteiger partial charge in [-0.3, -0.25) is 0 Å². The Kier molecular flexibility index (Phi) is 4.75. The van der Waals surface area contributed by atoms with Crippen molar-refractivity contribution in [3.63, 3.8) is 0 Å². The van der Waals surface area contributed by atoms with E-state index >= 15 is 0 Å². The minimum absolute atomic E-state index is 0.858. The molecule has 0 fully saturated rings. The Morgan fingerprint density at radius 2 is 2.25 bits per heavy atom. The van der Waals surface area contributed by atoms with Gasteiger partial charge in [0.15, 0.2) is 0 Å². The molecule has 0 radical (unpaired) electrons. The monoisotopic (exact) mass is 408 g/mol. The van der Waals surface area contributed by atoms with E-state index in [1.54, 1.807) is 0 Å². The summed E-state index contributed by atoms with van der Waals surface area (Å²) in [6, 6.07) is 8.51. The van der Waals surface area contributed by atoms with Crippen LogP contribution in [0.1, 0.15) is 10.4 Å². The van der Waals surface area contributed by atoms with E-state index in [4.69, 9.17) is 0 Å². The van der Waals surface area contributed by atoms with E-state index in [1.807, 2.05) is 6.20 Å². The zero-order chi connectivity index (χ0) is 11.4. The molecule has 1 aromatic heterocycles. The molecule has 0 amide bonds.